The average Bonchev–Trinajstić information content (AvgIpc) is 2.39. The standard InChI is InChI=1S/C88H137NO8/c1-6-8-10-12-14-16-18-20-22-24-26-28-30-32-34-36-38-40-41-42-43-44-45-47-49-51-53-55-57-59-61-63-65-67-69-71-73-75-77-79-86(91)97-84(83-96-88(87(92)93)94-81-80-89(3,4)5)82-95-85(90)78-76-74-72-70-68-66-64-62-60-58-56-54-52-50-48-46-39-37-35-33-31-29-27-25-23-21-19-17-15-13-11-9-7-2/h8-11,14-17,20-23,26-29,32-35,38-40,42-43,45-47,50-53,57,59,63,65,84,88H,6-7,12-13,18-19,24-25,30-31,36-37,41,44,48-49,54-56,58,60-62,64,66-83H2,1-5H3/b10-8-,11-9-,16-14-,17-15-,22-20-,23-21-,28-26-,29-27-,34-32-,35-33-,40-38-,43-42-,46-39-,47-45-,52-50-,53-51-,59-57-,65-63-. The molecule has 0 saturated heterocycles. The first-order chi connectivity index (χ1) is 47.6. The summed E-state index contributed by atoms with van der Waals surface area (Å²) in [5.41, 5.74) is 0. The summed E-state index contributed by atoms with van der Waals surface area (Å²) in [5, 5.41) is 11.9. The van der Waals surface area contributed by atoms with Crippen LogP contribution in [0.3, 0.4) is 0 Å². The first-order valence-corrected chi connectivity index (χ1v) is 37.9. The van der Waals surface area contributed by atoms with E-state index < -0.39 is 24.3 Å². The number of rotatable bonds is 67. The summed E-state index contributed by atoms with van der Waals surface area (Å²) in [6.45, 7) is 4.47. The van der Waals surface area contributed by atoms with Crippen molar-refractivity contribution in [2.75, 3.05) is 47.5 Å². The van der Waals surface area contributed by atoms with Gasteiger partial charge in [0.1, 0.15) is 13.2 Å². The zero-order valence-electron chi connectivity index (χ0n) is 61.9. The van der Waals surface area contributed by atoms with Crippen molar-refractivity contribution in [2.45, 2.75) is 270 Å². The van der Waals surface area contributed by atoms with Gasteiger partial charge in [0, 0.05) is 12.8 Å². The molecule has 0 aliphatic rings. The lowest BCUT2D eigenvalue weighted by molar-refractivity contribution is -0.870. The molecule has 0 aliphatic heterocycles. The number of quaternary nitrogens is 1. The Balaban J connectivity index is 4.23. The van der Waals surface area contributed by atoms with Gasteiger partial charge in [0.2, 0.25) is 0 Å². The second-order valence-electron chi connectivity index (χ2n) is 25.5. The SMILES string of the molecule is CC/C=C\C/C=C\C/C=C\C/C=C\C/C=C\C/C=C\C/C=C\C/C=C\C/C=C\C/C=C\C/C=C\CCCCCCCC(=O)OC(COC(=O)CCCCCCCCCCCCC/C=C\C/C=C\C/C=C\C/C=C\C/C=C\C/C=C\C/C=C\CC)COC(OCC[N+](C)(C)C)C(=O)[O-]. The van der Waals surface area contributed by atoms with Gasteiger partial charge in [0.15, 0.2) is 12.4 Å². The van der Waals surface area contributed by atoms with E-state index in [0.29, 0.717) is 17.4 Å². The fourth-order valence-electron chi connectivity index (χ4n) is 9.52. The molecule has 0 aromatic carbocycles. The molecule has 542 valence electrons. The summed E-state index contributed by atoms with van der Waals surface area (Å²) in [6.07, 6.45) is 116. The minimum atomic E-state index is -1.64. The van der Waals surface area contributed by atoms with Crippen LogP contribution in [-0.4, -0.2) is 82.3 Å². The Morgan fingerprint density at radius 2 is 0.557 bits per heavy atom. The number of hydrogen-bond acceptors (Lipinski definition) is 8. The van der Waals surface area contributed by atoms with E-state index in [-0.39, 0.29) is 38.6 Å². The minimum absolute atomic E-state index is 0.131. The number of likely N-dealkylation sites (N-methyl/N-ethyl adjacent to an activating group) is 1. The van der Waals surface area contributed by atoms with Crippen LogP contribution in [0.25, 0.3) is 0 Å². The molecule has 0 amide bonds. The predicted octanol–water partition coefficient (Wildman–Crippen LogP) is 23.1. The number of nitrogens with zero attached hydrogens (tertiary/aromatic N) is 1. The number of allylic oxidation sites excluding steroid dienone is 36. The highest BCUT2D eigenvalue weighted by Gasteiger charge is 2.22. The fraction of sp³-hybridized carbons (Fsp3) is 0.557. The predicted molar refractivity (Wildman–Crippen MR) is 416 cm³/mol. The molecule has 0 fully saturated rings. The number of aliphatic carboxylic acids is 1. The number of unbranched alkanes of at least 4 members (excludes halogenated alkanes) is 16. The number of esters is 2. The summed E-state index contributed by atoms with van der Waals surface area (Å²) in [5.74, 6) is -2.34. The molecule has 0 spiro atoms. The van der Waals surface area contributed by atoms with Crippen molar-refractivity contribution < 1.29 is 42.9 Å². The molecule has 97 heavy (non-hydrogen) atoms. The normalized spacial score (nSPS) is 13.9. The van der Waals surface area contributed by atoms with Crippen LogP contribution in [0.1, 0.15) is 258 Å². The highest BCUT2D eigenvalue weighted by atomic mass is 16.7. The topological polar surface area (TPSA) is 111 Å². The van der Waals surface area contributed by atoms with Crippen LogP contribution in [0.4, 0.5) is 0 Å². The van der Waals surface area contributed by atoms with E-state index in [9.17, 15) is 19.5 Å². The lowest BCUT2D eigenvalue weighted by Gasteiger charge is -2.26. The second-order valence-corrected chi connectivity index (χ2v) is 25.5. The molecule has 0 rings (SSSR count). The molecule has 2 atom stereocenters. The molecule has 0 heterocycles. The van der Waals surface area contributed by atoms with Gasteiger partial charge in [0.25, 0.3) is 0 Å². The fourth-order valence-corrected chi connectivity index (χ4v) is 9.52. The number of carboxylic acids is 1. The number of hydrogen-bond donors (Lipinski definition) is 0. The minimum Gasteiger partial charge on any atom is -0.545 e. The van der Waals surface area contributed by atoms with E-state index in [2.05, 4.69) is 233 Å². The smallest absolute Gasteiger partial charge is 0.306 e. The van der Waals surface area contributed by atoms with Crippen LogP contribution in [0, 0.1) is 0 Å². The molecule has 0 aromatic rings. The van der Waals surface area contributed by atoms with E-state index in [0.717, 1.165) is 180 Å². The monoisotopic (exact) mass is 1340 g/mol. The zero-order chi connectivity index (χ0) is 70.4. The van der Waals surface area contributed by atoms with E-state index in [1.165, 1.54) is 44.9 Å². The van der Waals surface area contributed by atoms with Crippen LogP contribution in [-0.2, 0) is 33.3 Å². The molecule has 2 unspecified atom stereocenters. The Hall–Kier alpha value is -6.39. The van der Waals surface area contributed by atoms with Gasteiger partial charge in [-0.05, 0) is 154 Å². The Morgan fingerprint density at radius 3 is 0.825 bits per heavy atom. The van der Waals surface area contributed by atoms with Gasteiger partial charge in [-0.2, -0.15) is 0 Å². The second kappa shape index (κ2) is 75.4. The van der Waals surface area contributed by atoms with Crippen LogP contribution >= 0.6 is 0 Å². The Morgan fingerprint density at radius 1 is 0.309 bits per heavy atom. The molecule has 9 nitrogen and oxygen atoms in total. The Kier molecular flexibility index (Phi) is 70.4. The van der Waals surface area contributed by atoms with Crippen molar-refractivity contribution in [3.63, 3.8) is 0 Å². The lowest BCUT2D eigenvalue weighted by Crippen LogP contribution is -2.44. The van der Waals surface area contributed by atoms with E-state index >= 15 is 0 Å². The van der Waals surface area contributed by atoms with Crippen LogP contribution in [0.2, 0.25) is 0 Å². The van der Waals surface area contributed by atoms with Gasteiger partial charge < -0.3 is 33.3 Å². The molecule has 0 saturated carbocycles. The highest BCUT2D eigenvalue weighted by molar-refractivity contribution is 5.70. The largest absolute Gasteiger partial charge is 0.545 e. The first-order valence-electron chi connectivity index (χ1n) is 37.9. The van der Waals surface area contributed by atoms with Gasteiger partial charge >= 0.3 is 11.9 Å². The zero-order valence-corrected chi connectivity index (χ0v) is 61.9. The lowest BCUT2D eigenvalue weighted by atomic mass is 10.0. The molecule has 9 heteroatoms. The van der Waals surface area contributed by atoms with Crippen molar-refractivity contribution in [3.05, 3.63) is 219 Å². The summed E-state index contributed by atoms with van der Waals surface area (Å²) in [7, 11) is 5.91. The molecule has 0 bridgehead atoms. The molecule has 0 N–H and O–H groups in total. The maximum Gasteiger partial charge on any atom is 0.306 e. The Bertz CT molecular complexity index is 2400. The number of carboxylic acid groups (broad SMARTS) is 1. The molecule has 0 aliphatic carbocycles. The molecule has 0 aromatic heterocycles. The average molecular weight is 1340 g/mol. The summed E-state index contributed by atoms with van der Waals surface area (Å²) >= 11 is 0. The maximum absolute atomic E-state index is 13.0. The van der Waals surface area contributed by atoms with Crippen molar-refractivity contribution in [1.29, 1.82) is 0 Å². The van der Waals surface area contributed by atoms with Gasteiger partial charge in [-0.1, -0.05) is 310 Å². The quantitative estimate of drug-likeness (QED) is 0.0195. The van der Waals surface area contributed by atoms with Gasteiger partial charge in [-0.15, -0.1) is 0 Å². The van der Waals surface area contributed by atoms with E-state index in [4.69, 9.17) is 18.9 Å². The van der Waals surface area contributed by atoms with Crippen LogP contribution < -0.4 is 5.11 Å². The van der Waals surface area contributed by atoms with Gasteiger partial charge in [-0.3, -0.25) is 9.59 Å². The van der Waals surface area contributed by atoms with Gasteiger partial charge in [0.05, 0.1) is 40.3 Å². The Labute approximate surface area is 594 Å². The highest BCUT2D eigenvalue weighted by Crippen LogP contribution is 2.15. The molecular weight excluding hydrogens is 1200 g/mol. The third-order valence-electron chi connectivity index (χ3n) is 15.2. The number of carbonyl (C=O) groups is 3. The summed E-state index contributed by atoms with van der Waals surface area (Å²) in [6, 6.07) is 0. The van der Waals surface area contributed by atoms with Crippen molar-refractivity contribution in [2.24, 2.45) is 0 Å². The number of ether oxygens (including phenoxy) is 4. The van der Waals surface area contributed by atoms with Crippen molar-refractivity contribution in [1.82, 2.24) is 0 Å². The third-order valence-corrected chi connectivity index (χ3v) is 15.2. The van der Waals surface area contributed by atoms with Crippen molar-refractivity contribution >= 4 is 17.9 Å². The maximum atomic E-state index is 13.0. The third kappa shape index (κ3) is 76.8. The first kappa shape index (κ1) is 90.6. The van der Waals surface area contributed by atoms with Crippen molar-refractivity contribution in [3.8, 4) is 0 Å². The number of carbonyl (C=O) groups excluding carboxylic acids is 3. The molecular formula is C88H137NO8. The van der Waals surface area contributed by atoms with Crippen LogP contribution in [0.15, 0.2) is 219 Å². The van der Waals surface area contributed by atoms with Gasteiger partial charge in [-0.25, -0.2) is 0 Å². The molecule has 0 radical (unpaired) electrons. The van der Waals surface area contributed by atoms with E-state index in [1.54, 1.807) is 0 Å². The summed E-state index contributed by atoms with van der Waals surface area (Å²) < 4.78 is 22.8. The van der Waals surface area contributed by atoms with Crippen LogP contribution in [0.5, 0.6) is 0 Å². The van der Waals surface area contributed by atoms with E-state index in [1.807, 2.05) is 21.1 Å². The summed E-state index contributed by atoms with van der Waals surface area (Å²) in [4.78, 5) is 37.6.